The van der Waals surface area contributed by atoms with Gasteiger partial charge in [0.2, 0.25) is 0 Å². The van der Waals surface area contributed by atoms with Gasteiger partial charge in [0.05, 0.1) is 41.9 Å². The predicted molar refractivity (Wildman–Crippen MR) is 134 cm³/mol. The van der Waals surface area contributed by atoms with Gasteiger partial charge in [0.1, 0.15) is 12.4 Å². The fraction of sp³-hybridized carbons (Fsp3) is 0.346. The molecular formula is C26H31N5O5. The van der Waals surface area contributed by atoms with Gasteiger partial charge in [-0.2, -0.15) is 9.78 Å². The van der Waals surface area contributed by atoms with Crippen molar-refractivity contribution in [1.82, 2.24) is 24.6 Å². The molecule has 0 saturated heterocycles. The van der Waals surface area contributed by atoms with Crippen molar-refractivity contribution in [2.75, 3.05) is 47.9 Å². The van der Waals surface area contributed by atoms with Crippen LogP contribution in [-0.2, 0) is 11.3 Å². The number of hydrogen-bond donors (Lipinski definition) is 0. The molecule has 0 amide bonds. The number of carbonyl (C=O) groups excluding carboxylic acids is 3. The molecule has 3 rings (SSSR count). The lowest BCUT2D eigenvalue weighted by atomic mass is 10.1. The van der Waals surface area contributed by atoms with Crippen molar-refractivity contribution in [2.45, 2.75) is 13.0 Å². The highest BCUT2D eigenvalue weighted by atomic mass is 16.5. The van der Waals surface area contributed by atoms with Crippen LogP contribution < -0.4 is 4.74 Å². The van der Waals surface area contributed by atoms with E-state index in [0.29, 0.717) is 29.7 Å². The van der Waals surface area contributed by atoms with Crippen molar-refractivity contribution < 1.29 is 23.9 Å². The Morgan fingerprint density at radius 2 is 1.83 bits per heavy atom. The van der Waals surface area contributed by atoms with Crippen molar-refractivity contribution in [3.05, 3.63) is 65.5 Å². The topological polar surface area (TPSA) is 107 Å². The van der Waals surface area contributed by atoms with E-state index in [0.717, 1.165) is 6.54 Å². The van der Waals surface area contributed by atoms with Crippen LogP contribution in [0.3, 0.4) is 0 Å². The summed E-state index contributed by atoms with van der Waals surface area (Å²) < 4.78 is 12.6. The Labute approximate surface area is 210 Å². The van der Waals surface area contributed by atoms with Gasteiger partial charge >= 0.3 is 5.97 Å². The first kappa shape index (κ1) is 26.7. The molecule has 0 fully saturated rings. The quantitative estimate of drug-likeness (QED) is 0.214. The normalized spacial score (nSPS) is 11.1. The van der Waals surface area contributed by atoms with E-state index in [2.05, 4.69) is 10.1 Å². The third kappa shape index (κ3) is 6.83. The number of nitrogens with zero attached hydrogens (tertiary/aromatic N) is 5. The van der Waals surface area contributed by atoms with Crippen molar-refractivity contribution in [3.63, 3.8) is 0 Å². The fourth-order valence-corrected chi connectivity index (χ4v) is 3.55. The third-order valence-corrected chi connectivity index (χ3v) is 5.23. The molecule has 0 radical (unpaired) electrons. The van der Waals surface area contributed by atoms with E-state index in [1.54, 1.807) is 55.7 Å². The molecule has 0 unspecified atom stereocenters. The minimum absolute atomic E-state index is 0.0540. The van der Waals surface area contributed by atoms with Crippen LogP contribution in [0.15, 0.2) is 48.8 Å². The molecule has 0 spiro atoms. The number of hydrogen-bond acceptors (Lipinski definition) is 9. The fourth-order valence-electron chi connectivity index (χ4n) is 3.55. The molecular weight excluding hydrogens is 462 g/mol. The first-order valence-corrected chi connectivity index (χ1v) is 11.5. The first-order chi connectivity index (χ1) is 17.3. The molecule has 0 atom stereocenters. The molecule has 10 nitrogen and oxygen atoms in total. The molecule has 0 aliphatic heterocycles. The number of pyridine rings is 1. The van der Waals surface area contributed by atoms with Crippen molar-refractivity contribution in [3.8, 4) is 17.1 Å². The number of aromatic nitrogens is 3. The van der Waals surface area contributed by atoms with Gasteiger partial charge in [0, 0.05) is 18.3 Å². The highest BCUT2D eigenvalue weighted by molar-refractivity contribution is 6.00. The van der Waals surface area contributed by atoms with Crippen LogP contribution in [0.2, 0.25) is 0 Å². The van der Waals surface area contributed by atoms with Gasteiger partial charge in [-0.3, -0.25) is 14.6 Å². The Balaban J connectivity index is 1.79. The molecule has 0 aliphatic carbocycles. The maximum Gasteiger partial charge on any atom is 0.338 e. The van der Waals surface area contributed by atoms with Gasteiger partial charge in [-0.1, -0.05) is 12.1 Å². The molecule has 36 heavy (non-hydrogen) atoms. The standard InChI is InChI=1S/C26H31N5O5/c1-29(2)14-7-15-35-26(34)20-9-5-10-23(21(20)17-32)36-18-19-8-6-12-27-25(19)22-11-13-28-31(22)24(33)16-30(3)4/h5-6,8-13,17H,7,14-16,18H2,1-4H3. The second kappa shape index (κ2) is 12.7. The van der Waals surface area contributed by atoms with Crippen LogP contribution in [0.5, 0.6) is 5.75 Å². The molecule has 0 bridgehead atoms. The molecule has 0 saturated carbocycles. The maximum atomic E-state index is 12.6. The number of ether oxygens (including phenoxy) is 2. The predicted octanol–water partition coefficient (Wildman–Crippen LogP) is 2.65. The van der Waals surface area contributed by atoms with E-state index >= 15 is 0 Å². The Bertz CT molecular complexity index is 1200. The summed E-state index contributed by atoms with van der Waals surface area (Å²) in [4.78, 5) is 45.3. The molecule has 10 heteroatoms. The highest BCUT2D eigenvalue weighted by Gasteiger charge is 2.19. The molecule has 1 aromatic carbocycles. The van der Waals surface area contributed by atoms with Gasteiger partial charge in [0.25, 0.3) is 5.91 Å². The van der Waals surface area contributed by atoms with Crippen LogP contribution in [0.4, 0.5) is 0 Å². The Kier molecular flexibility index (Phi) is 9.43. The summed E-state index contributed by atoms with van der Waals surface area (Å²) in [5, 5.41) is 4.16. The highest BCUT2D eigenvalue weighted by Crippen LogP contribution is 2.26. The minimum atomic E-state index is -0.577. The number of likely N-dealkylation sites (N-methyl/N-ethyl adjacent to an activating group) is 1. The van der Waals surface area contributed by atoms with E-state index in [-0.39, 0.29) is 42.5 Å². The van der Waals surface area contributed by atoms with Crippen LogP contribution in [-0.4, -0.2) is 90.6 Å². The minimum Gasteiger partial charge on any atom is -0.488 e. The third-order valence-electron chi connectivity index (χ3n) is 5.23. The molecule has 0 N–H and O–H groups in total. The monoisotopic (exact) mass is 493 g/mol. The summed E-state index contributed by atoms with van der Waals surface area (Å²) in [6, 6.07) is 10.1. The Morgan fingerprint density at radius 3 is 2.56 bits per heavy atom. The lowest BCUT2D eigenvalue weighted by Gasteiger charge is -2.15. The molecule has 0 aliphatic rings. The van der Waals surface area contributed by atoms with Crippen LogP contribution in [0, 0.1) is 0 Å². The molecule has 190 valence electrons. The van der Waals surface area contributed by atoms with Crippen LogP contribution >= 0.6 is 0 Å². The maximum absolute atomic E-state index is 12.6. The molecule has 2 aromatic heterocycles. The summed E-state index contributed by atoms with van der Waals surface area (Å²) in [6.45, 7) is 1.27. The zero-order chi connectivity index (χ0) is 26.1. The summed E-state index contributed by atoms with van der Waals surface area (Å²) >= 11 is 0. The summed E-state index contributed by atoms with van der Waals surface area (Å²) in [6.07, 6.45) is 4.43. The van der Waals surface area contributed by atoms with Crippen LogP contribution in [0.25, 0.3) is 11.4 Å². The summed E-state index contributed by atoms with van der Waals surface area (Å²) in [5.41, 5.74) is 2.02. The number of rotatable bonds is 12. The Morgan fingerprint density at radius 1 is 1.03 bits per heavy atom. The van der Waals surface area contributed by atoms with Crippen molar-refractivity contribution in [2.24, 2.45) is 0 Å². The van der Waals surface area contributed by atoms with Crippen molar-refractivity contribution >= 4 is 18.2 Å². The average molecular weight is 494 g/mol. The van der Waals surface area contributed by atoms with Gasteiger partial charge in [-0.05, 0) is 58.9 Å². The second-order valence-corrected chi connectivity index (χ2v) is 8.69. The van der Waals surface area contributed by atoms with E-state index in [4.69, 9.17) is 9.47 Å². The van der Waals surface area contributed by atoms with Gasteiger partial charge in [-0.15, -0.1) is 0 Å². The largest absolute Gasteiger partial charge is 0.488 e. The number of benzene rings is 1. The van der Waals surface area contributed by atoms with Gasteiger partial charge < -0.3 is 19.3 Å². The summed E-state index contributed by atoms with van der Waals surface area (Å²) in [7, 11) is 7.49. The summed E-state index contributed by atoms with van der Waals surface area (Å²) in [5.74, 6) is -0.524. The molecule has 2 heterocycles. The number of carbonyl (C=O) groups is 3. The lowest BCUT2D eigenvalue weighted by Crippen LogP contribution is -2.27. The first-order valence-electron chi connectivity index (χ1n) is 11.5. The second-order valence-electron chi connectivity index (χ2n) is 8.69. The Hall–Kier alpha value is -3.89. The van der Waals surface area contributed by atoms with Crippen LogP contribution in [0.1, 0.15) is 37.5 Å². The average Bonchev–Trinajstić information content (AvgIpc) is 3.34. The van der Waals surface area contributed by atoms with Crippen molar-refractivity contribution in [1.29, 1.82) is 0 Å². The van der Waals surface area contributed by atoms with Gasteiger partial charge in [-0.25, -0.2) is 4.79 Å². The van der Waals surface area contributed by atoms with E-state index < -0.39 is 5.97 Å². The van der Waals surface area contributed by atoms with Gasteiger partial charge in [0.15, 0.2) is 6.29 Å². The van der Waals surface area contributed by atoms with E-state index in [1.807, 2.05) is 25.1 Å². The number of aldehydes is 1. The molecule has 3 aromatic rings. The number of esters is 1. The lowest BCUT2D eigenvalue weighted by molar-refractivity contribution is 0.0490. The van der Waals surface area contributed by atoms with E-state index in [1.165, 1.54) is 10.7 Å². The zero-order valence-electron chi connectivity index (χ0n) is 21.0. The van der Waals surface area contributed by atoms with E-state index in [9.17, 15) is 14.4 Å². The smallest absolute Gasteiger partial charge is 0.338 e. The SMILES string of the molecule is CN(C)CCCOC(=O)c1cccc(OCc2cccnc2-c2ccnn2C(=O)CN(C)C)c1C=O. The zero-order valence-corrected chi connectivity index (χ0v) is 21.0.